The molecule has 0 aliphatic heterocycles. The molecule has 1 N–H and O–H groups in total. The number of anilines is 1. The van der Waals surface area contributed by atoms with Crippen LogP contribution in [0.25, 0.3) is 0 Å². The number of nitrogens with zero attached hydrogens (tertiary/aromatic N) is 4. The molecule has 3 heterocycles. The second-order valence-corrected chi connectivity index (χ2v) is 7.04. The number of aryl methyl sites for hydroxylation is 1. The number of aromatic nitrogens is 4. The van der Waals surface area contributed by atoms with Crippen LogP contribution in [0.2, 0.25) is 0 Å². The quantitative estimate of drug-likeness (QED) is 0.405. The zero-order valence-electron chi connectivity index (χ0n) is 18.0. The predicted octanol–water partition coefficient (Wildman–Crippen LogP) is 3.97. The summed E-state index contributed by atoms with van der Waals surface area (Å²) >= 11 is 0. The van der Waals surface area contributed by atoms with E-state index in [0.29, 0.717) is 30.3 Å². The summed E-state index contributed by atoms with van der Waals surface area (Å²) in [6.07, 6.45) is 7.14. The zero-order chi connectivity index (χ0) is 22.3. The van der Waals surface area contributed by atoms with Gasteiger partial charge in [0, 0.05) is 24.5 Å². The lowest BCUT2D eigenvalue weighted by Crippen LogP contribution is -2.10. The van der Waals surface area contributed by atoms with E-state index in [1.165, 1.54) is 0 Å². The van der Waals surface area contributed by atoms with E-state index in [9.17, 15) is 4.79 Å². The van der Waals surface area contributed by atoms with Gasteiger partial charge < -0.3 is 19.2 Å². The summed E-state index contributed by atoms with van der Waals surface area (Å²) in [5.41, 5.74) is 1.62. The molecule has 9 heteroatoms. The number of carbonyl (C=O) groups excluding carboxylic acids is 1. The number of furan rings is 1. The Morgan fingerprint density at radius 3 is 2.44 bits per heavy atom. The fraction of sp³-hybridized carbons (Fsp3) is 0.261. The Morgan fingerprint density at radius 1 is 0.969 bits per heavy atom. The van der Waals surface area contributed by atoms with E-state index in [0.717, 1.165) is 17.9 Å². The molecule has 4 aromatic rings. The van der Waals surface area contributed by atoms with E-state index >= 15 is 0 Å². The van der Waals surface area contributed by atoms with Gasteiger partial charge in [-0.2, -0.15) is 10.2 Å². The minimum Gasteiger partial charge on any atom is -0.494 e. The molecule has 0 aliphatic carbocycles. The highest BCUT2D eigenvalue weighted by Crippen LogP contribution is 2.19. The Bertz CT molecular complexity index is 1160. The van der Waals surface area contributed by atoms with E-state index in [4.69, 9.17) is 13.9 Å². The largest absolute Gasteiger partial charge is 0.494 e. The van der Waals surface area contributed by atoms with Crippen LogP contribution in [0.15, 0.2) is 65.6 Å². The van der Waals surface area contributed by atoms with Crippen LogP contribution in [0.5, 0.6) is 11.5 Å². The zero-order valence-corrected chi connectivity index (χ0v) is 18.0. The standard InChI is InChI=1S/C23H25N5O4/c1-3-27-13-17(11-24-27)14-28-15-18(12-25-28)26-23(29)22-10-9-21(32-22)16-31-20-7-5-19(6-8-20)30-4-2/h5-13,15H,3-4,14,16H2,1-2H3,(H,26,29). The molecule has 1 aromatic carbocycles. The molecule has 0 fully saturated rings. The molecule has 0 saturated carbocycles. The summed E-state index contributed by atoms with van der Waals surface area (Å²) in [5, 5.41) is 11.3. The summed E-state index contributed by atoms with van der Waals surface area (Å²) < 4.78 is 20.3. The highest BCUT2D eigenvalue weighted by atomic mass is 16.5. The van der Waals surface area contributed by atoms with Gasteiger partial charge in [-0.05, 0) is 50.2 Å². The third kappa shape index (κ3) is 5.37. The number of ether oxygens (including phenoxy) is 2. The van der Waals surface area contributed by atoms with Gasteiger partial charge in [-0.3, -0.25) is 14.2 Å². The van der Waals surface area contributed by atoms with Crippen molar-refractivity contribution in [2.75, 3.05) is 11.9 Å². The van der Waals surface area contributed by atoms with Gasteiger partial charge in [-0.15, -0.1) is 0 Å². The van der Waals surface area contributed by atoms with Crippen LogP contribution >= 0.6 is 0 Å². The molecule has 4 rings (SSSR count). The smallest absolute Gasteiger partial charge is 0.291 e. The van der Waals surface area contributed by atoms with Crippen LogP contribution in [-0.4, -0.2) is 32.1 Å². The normalized spacial score (nSPS) is 10.8. The molecule has 0 saturated heterocycles. The fourth-order valence-corrected chi connectivity index (χ4v) is 3.09. The molecular formula is C23H25N5O4. The lowest BCUT2D eigenvalue weighted by molar-refractivity contribution is 0.0992. The van der Waals surface area contributed by atoms with Crippen molar-refractivity contribution in [3.8, 4) is 11.5 Å². The van der Waals surface area contributed by atoms with Crippen LogP contribution in [0.3, 0.4) is 0 Å². The van der Waals surface area contributed by atoms with Crippen LogP contribution in [-0.2, 0) is 19.7 Å². The second kappa shape index (κ2) is 9.86. The maximum atomic E-state index is 12.5. The van der Waals surface area contributed by atoms with Gasteiger partial charge in [0.25, 0.3) is 5.91 Å². The van der Waals surface area contributed by atoms with E-state index < -0.39 is 0 Å². The van der Waals surface area contributed by atoms with Gasteiger partial charge in [-0.1, -0.05) is 0 Å². The average molecular weight is 435 g/mol. The fourth-order valence-electron chi connectivity index (χ4n) is 3.09. The number of nitrogens with one attached hydrogen (secondary N) is 1. The Balaban J connectivity index is 1.29. The summed E-state index contributed by atoms with van der Waals surface area (Å²) in [6, 6.07) is 10.7. The summed E-state index contributed by atoms with van der Waals surface area (Å²) in [7, 11) is 0. The molecule has 0 bridgehead atoms. The molecular weight excluding hydrogens is 410 g/mol. The monoisotopic (exact) mass is 435 g/mol. The number of hydrogen-bond donors (Lipinski definition) is 1. The highest BCUT2D eigenvalue weighted by molar-refractivity contribution is 6.02. The van der Waals surface area contributed by atoms with Gasteiger partial charge >= 0.3 is 0 Å². The molecule has 166 valence electrons. The van der Waals surface area contributed by atoms with E-state index in [2.05, 4.69) is 15.5 Å². The molecule has 0 spiro atoms. The van der Waals surface area contributed by atoms with Crippen molar-refractivity contribution in [3.63, 3.8) is 0 Å². The molecule has 0 unspecified atom stereocenters. The van der Waals surface area contributed by atoms with Crippen molar-refractivity contribution in [2.24, 2.45) is 0 Å². The van der Waals surface area contributed by atoms with Crippen molar-refractivity contribution in [2.45, 2.75) is 33.5 Å². The lowest BCUT2D eigenvalue weighted by Gasteiger charge is -2.06. The maximum absolute atomic E-state index is 12.5. The molecule has 1 amide bonds. The third-order valence-electron chi connectivity index (χ3n) is 4.65. The molecule has 0 radical (unpaired) electrons. The van der Waals surface area contributed by atoms with E-state index in [1.54, 1.807) is 29.2 Å². The Morgan fingerprint density at radius 2 is 1.72 bits per heavy atom. The minimum absolute atomic E-state index is 0.201. The van der Waals surface area contributed by atoms with E-state index in [1.807, 2.05) is 55.2 Å². The average Bonchev–Trinajstić information content (AvgIpc) is 3.55. The Hall–Kier alpha value is -4.01. The van der Waals surface area contributed by atoms with Gasteiger partial charge in [-0.25, -0.2) is 0 Å². The van der Waals surface area contributed by atoms with Crippen molar-refractivity contribution in [3.05, 3.63) is 78.3 Å². The first-order valence-electron chi connectivity index (χ1n) is 10.4. The van der Waals surface area contributed by atoms with Gasteiger partial charge in [0.2, 0.25) is 0 Å². The first-order chi connectivity index (χ1) is 15.6. The van der Waals surface area contributed by atoms with Gasteiger partial charge in [0.15, 0.2) is 5.76 Å². The van der Waals surface area contributed by atoms with Crippen molar-refractivity contribution in [1.82, 2.24) is 19.6 Å². The number of amides is 1. The number of benzene rings is 1. The maximum Gasteiger partial charge on any atom is 0.291 e. The SMILES string of the molecule is CCOc1ccc(OCc2ccc(C(=O)Nc3cnn(Cc4cnn(CC)c4)c3)o2)cc1. The predicted molar refractivity (Wildman–Crippen MR) is 118 cm³/mol. The first-order valence-corrected chi connectivity index (χ1v) is 10.4. The number of carbonyl (C=O) groups is 1. The molecule has 32 heavy (non-hydrogen) atoms. The van der Waals surface area contributed by atoms with Crippen LogP contribution in [0.4, 0.5) is 5.69 Å². The van der Waals surface area contributed by atoms with E-state index in [-0.39, 0.29) is 18.3 Å². The summed E-state index contributed by atoms with van der Waals surface area (Å²) in [6.45, 7) is 6.18. The van der Waals surface area contributed by atoms with Gasteiger partial charge in [0.05, 0.1) is 31.2 Å². The summed E-state index contributed by atoms with van der Waals surface area (Å²) in [4.78, 5) is 12.5. The molecule has 9 nitrogen and oxygen atoms in total. The molecule has 0 aliphatic rings. The third-order valence-corrected chi connectivity index (χ3v) is 4.65. The second-order valence-electron chi connectivity index (χ2n) is 7.04. The van der Waals surface area contributed by atoms with Crippen molar-refractivity contribution >= 4 is 11.6 Å². The van der Waals surface area contributed by atoms with Gasteiger partial charge in [0.1, 0.15) is 23.9 Å². The van der Waals surface area contributed by atoms with Crippen LogP contribution in [0, 0.1) is 0 Å². The lowest BCUT2D eigenvalue weighted by atomic mass is 10.3. The number of hydrogen-bond acceptors (Lipinski definition) is 6. The number of rotatable bonds is 10. The first kappa shape index (κ1) is 21.2. The minimum atomic E-state index is -0.351. The molecule has 0 atom stereocenters. The van der Waals surface area contributed by atoms with Crippen molar-refractivity contribution < 1.29 is 18.7 Å². The van der Waals surface area contributed by atoms with Crippen molar-refractivity contribution in [1.29, 1.82) is 0 Å². The van der Waals surface area contributed by atoms with Crippen LogP contribution < -0.4 is 14.8 Å². The van der Waals surface area contributed by atoms with Crippen LogP contribution in [0.1, 0.15) is 35.7 Å². The topological polar surface area (TPSA) is 96.3 Å². The Kier molecular flexibility index (Phi) is 6.54. The molecule has 3 aromatic heterocycles. The summed E-state index contributed by atoms with van der Waals surface area (Å²) in [5.74, 6) is 1.87. The highest BCUT2D eigenvalue weighted by Gasteiger charge is 2.13. The Labute approximate surface area is 185 Å².